The van der Waals surface area contributed by atoms with E-state index < -0.39 is 55.8 Å². The van der Waals surface area contributed by atoms with E-state index >= 15 is 0 Å². The molecule has 0 amide bonds. The van der Waals surface area contributed by atoms with Crippen LogP contribution in [0.25, 0.3) is 22.3 Å². The molecular weight excluding hydrogens is 621 g/mol. The number of aromatic amines is 1. The first-order valence-electron chi connectivity index (χ1n) is 13.4. The first-order valence-corrected chi connectivity index (χ1v) is 16.5. The Balaban J connectivity index is 1.16. The number of aliphatic hydroxyl groups excluding tert-OH is 2. The molecule has 6 heterocycles. The van der Waals surface area contributed by atoms with Gasteiger partial charge < -0.3 is 31.2 Å². The number of nitrogens with zero attached hydrogens (tertiary/aromatic N) is 8. The fourth-order valence-electron chi connectivity index (χ4n) is 5.05. The normalized spacial score (nSPS) is 26.8. The minimum atomic E-state index is -4.01. The van der Waals surface area contributed by atoms with E-state index in [1.165, 1.54) is 23.5 Å². The average Bonchev–Trinajstić information content (AvgIpc) is 3.77. The monoisotopic (exact) mass is 649 g/mol. The maximum absolute atomic E-state index is 14.0. The summed E-state index contributed by atoms with van der Waals surface area (Å²) in [5.41, 5.74) is 12.1. The molecule has 6 rings (SSSR count). The highest BCUT2D eigenvalue weighted by Crippen LogP contribution is 2.63. The zero-order valence-corrected chi connectivity index (χ0v) is 24.6. The molecule has 4 aromatic heterocycles. The summed E-state index contributed by atoms with van der Waals surface area (Å²) in [6, 6.07) is 1.98. The van der Waals surface area contributed by atoms with Crippen molar-refractivity contribution < 1.29 is 33.3 Å². The Kier molecular flexibility index (Phi) is 8.54. The molecule has 0 radical (unpaired) electrons. The maximum atomic E-state index is 14.0. The van der Waals surface area contributed by atoms with Crippen LogP contribution in [0.3, 0.4) is 0 Å². The lowest BCUT2D eigenvalue weighted by atomic mass is 10.2. The SMILES string of the molecule is N#CCCSP(=O)(OC[C@H]1O[C@@H](n2cnc3c(N)ncnc32)C[C@@H]1O)O[C@H]1C[C@H](n2cnc3c(=O)[nH]c(N)nc32)O[C@@H]1CO. The smallest absolute Gasteiger partial charge is 0.389 e. The number of nitrogens with two attached hydrogens (primary N) is 2. The zero-order valence-electron chi connectivity index (χ0n) is 22.9. The number of rotatable bonds is 11. The maximum Gasteiger partial charge on any atom is 0.389 e. The van der Waals surface area contributed by atoms with Gasteiger partial charge in [0.25, 0.3) is 5.56 Å². The minimum absolute atomic E-state index is 0.0433. The molecule has 234 valence electrons. The molecule has 44 heavy (non-hydrogen) atoms. The van der Waals surface area contributed by atoms with E-state index in [9.17, 15) is 19.6 Å². The van der Waals surface area contributed by atoms with Gasteiger partial charge in [-0.05, 0) is 11.4 Å². The molecule has 1 unspecified atom stereocenters. The third-order valence-corrected chi connectivity index (χ3v) is 10.9. The van der Waals surface area contributed by atoms with Gasteiger partial charge >= 0.3 is 6.80 Å². The van der Waals surface area contributed by atoms with Crippen molar-refractivity contribution in [2.45, 2.75) is 56.1 Å². The predicted octanol–water partition coefficient (Wildman–Crippen LogP) is 0.209. The van der Waals surface area contributed by atoms with Crippen molar-refractivity contribution in [3.8, 4) is 6.07 Å². The number of hydrogen-bond donors (Lipinski definition) is 5. The molecule has 2 aliphatic heterocycles. The lowest BCUT2D eigenvalue weighted by molar-refractivity contribution is -0.0485. The Labute approximate surface area is 251 Å². The van der Waals surface area contributed by atoms with Crippen molar-refractivity contribution in [1.82, 2.24) is 39.0 Å². The third kappa shape index (κ3) is 5.88. The molecule has 4 aromatic rings. The summed E-state index contributed by atoms with van der Waals surface area (Å²) in [7, 11) is 0. The van der Waals surface area contributed by atoms with E-state index in [2.05, 4.69) is 29.9 Å². The first-order chi connectivity index (χ1) is 21.2. The van der Waals surface area contributed by atoms with Crippen LogP contribution >= 0.6 is 18.2 Å². The van der Waals surface area contributed by atoms with Gasteiger partial charge in [0.05, 0.1) is 38.0 Å². The Morgan fingerprint density at radius 3 is 2.61 bits per heavy atom. The van der Waals surface area contributed by atoms with Crippen LogP contribution in [-0.2, 0) is 23.1 Å². The molecule has 0 aliphatic carbocycles. The van der Waals surface area contributed by atoms with Crippen molar-refractivity contribution >= 4 is 52.3 Å². The standard InChI is InChI=1S/C23H28N11O8PS/c24-2-1-3-44-43(38,39-7-14-11(36)4-15(41-14)33-9-29-17-19(25)27-8-28-20(17)33)42-12-5-16(40-13(12)6-35)34-10-30-18-21(34)31-23(26)32-22(18)37/h8-16,35-36H,1,3-7H2,(H2,25,27,28)(H3,26,31,32,37)/t11-,12-,13+,14+,15+,16+,43?/m0/s1. The number of nitriles is 1. The predicted molar refractivity (Wildman–Crippen MR) is 154 cm³/mol. The fraction of sp³-hybridized carbons (Fsp3) is 0.522. The number of aromatic nitrogens is 8. The summed E-state index contributed by atoms with van der Waals surface area (Å²) < 4.78 is 40.8. The molecule has 0 aromatic carbocycles. The van der Waals surface area contributed by atoms with Gasteiger partial charge in [0.15, 0.2) is 22.6 Å². The van der Waals surface area contributed by atoms with Crippen LogP contribution in [0, 0.1) is 11.3 Å². The number of fused-ring (bicyclic) bond motifs is 2. The summed E-state index contributed by atoms with van der Waals surface area (Å²) in [6.45, 7) is -4.80. The van der Waals surface area contributed by atoms with Gasteiger partial charge in [0, 0.05) is 25.0 Å². The molecule has 7 atom stereocenters. The van der Waals surface area contributed by atoms with Gasteiger partial charge in [-0.3, -0.25) is 28.0 Å². The number of nitrogen functional groups attached to an aromatic ring is 2. The summed E-state index contributed by atoms with van der Waals surface area (Å²) in [6.07, 6.45) is -0.729. The van der Waals surface area contributed by atoms with Crippen LogP contribution in [0.1, 0.15) is 31.7 Å². The van der Waals surface area contributed by atoms with Crippen molar-refractivity contribution in [3.63, 3.8) is 0 Å². The Hall–Kier alpha value is -3.67. The second kappa shape index (κ2) is 12.4. The van der Waals surface area contributed by atoms with Crippen molar-refractivity contribution in [2.75, 3.05) is 30.4 Å². The summed E-state index contributed by atoms with van der Waals surface area (Å²) in [4.78, 5) is 35.1. The van der Waals surface area contributed by atoms with Crippen LogP contribution in [0.2, 0.25) is 0 Å². The Bertz CT molecular complexity index is 1810. The van der Waals surface area contributed by atoms with Crippen LogP contribution in [-0.4, -0.2) is 92.6 Å². The van der Waals surface area contributed by atoms with E-state index in [-0.39, 0.29) is 54.6 Å². The van der Waals surface area contributed by atoms with Gasteiger partial charge in [-0.1, -0.05) is 0 Å². The number of aliphatic hydroxyl groups is 2. The van der Waals surface area contributed by atoms with E-state index in [4.69, 9.17) is 35.3 Å². The third-order valence-electron chi connectivity index (χ3n) is 7.15. The fourth-order valence-corrected chi connectivity index (χ4v) is 8.40. The highest BCUT2D eigenvalue weighted by Gasteiger charge is 2.44. The lowest BCUT2D eigenvalue weighted by Gasteiger charge is -2.25. The Morgan fingerprint density at radius 2 is 1.84 bits per heavy atom. The molecule has 7 N–H and O–H groups in total. The molecule has 2 aliphatic rings. The van der Waals surface area contributed by atoms with Gasteiger partial charge in [0.1, 0.15) is 42.6 Å². The second-order valence-corrected chi connectivity index (χ2v) is 14.1. The Morgan fingerprint density at radius 1 is 1.11 bits per heavy atom. The van der Waals surface area contributed by atoms with Gasteiger partial charge in [0.2, 0.25) is 5.95 Å². The van der Waals surface area contributed by atoms with Crippen LogP contribution in [0.15, 0.2) is 23.8 Å². The number of imidazole rings is 2. The second-order valence-electron chi connectivity index (χ2n) is 9.97. The molecule has 2 saturated heterocycles. The number of anilines is 2. The quantitative estimate of drug-likeness (QED) is 0.107. The average molecular weight is 650 g/mol. The molecule has 0 bridgehead atoms. The lowest BCUT2D eigenvalue weighted by Crippen LogP contribution is -2.29. The van der Waals surface area contributed by atoms with Gasteiger partial charge in [-0.2, -0.15) is 10.2 Å². The molecule has 19 nitrogen and oxygen atoms in total. The molecule has 0 saturated carbocycles. The van der Waals surface area contributed by atoms with Crippen LogP contribution in [0.4, 0.5) is 11.8 Å². The van der Waals surface area contributed by atoms with E-state index in [0.717, 1.165) is 11.4 Å². The number of nitrogens with one attached hydrogen (secondary N) is 1. The van der Waals surface area contributed by atoms with E-state index in [1.807, 2.05) is 6.07 Å². The van der Waals surface area contributed by atoms with Gasteiger partial charge in [-0.15, -0.1) is 0 Å². The number of H-pyrrole nitrogens is 1. The summed E-state index contributed by atoms with van der Waals surface area (Å²) in [5.74, 6) is 0.220. The largest absolute Gasteiger partial charge is 0.394 e. The molecule has 2 fully saturated rings. The zero-order chi connectivity index (χ0) is 31.0. The van der Waals surface area contributed by atoms with Crippen LogP contribution in [0.5, 0.6) is 0 Å². The van der Waals surface area contributed by atoms with E-state index in [0.29, 0.717) is 11.2 Å². The number of ether oxygens (including phenoxy) is 2. The summed E-state index contributed by atoms with van der Waals surface area (Å²) in [5, 5.41) is 29.8. The minimum Gasteiger partial charge on any atom is -0.394 e. The van der Waals surface area contributed by atoms with Crippen LogP contribution < -0.4 is 17.0 Å². The molecule has 0 spiro atoms. The molecular formula is C23H28N11O8PS. The highest BCUT2D eigenvalue weighted by molar-refractivity contribution is 8.55. The first kappa shape index (κ1) is 30.4. The van der Waals surface area contributed by atoms with Crippen molar-refractivity contribution in [1.29, 1.82) is 5.26 Å². The van der Waals surface area contributed by atoms with E-state index in [1.54, 1.807) is 4.57 Å². The van der Waals surface area contributed by atoms with Crippen molar-refractivity contribution in [2.24, 2.45) is 0 Å². The topological polar surface area (TPSA) is 277 Å². The summed E-state index contributed by atoms with van der Waals surface area (Å²) >= 11 is 0.814. The van der Waals surface area contributed by atoms with Gasteiger partial charge in [-0.25, -0.2) is 24.5 Å². The molecule has 21 heteroatoms. The highest BCUT2D eigenvalue weighted by atomic mass is 32.7. The van der Waals surface area contributed by atoms with Crippen molar-refractivity contribution in [3.05, 3.63) is 29.3 Å². The number of hydrogen-bond acceptors (Lipinski definition) is 17.